The van der Waals surface area contributed by atoms with Gasteiger partial charge in [-0.25, -0.2) is 13.8 Å². The number of allylic oxidation sites excluding steroid dienone is 1. The van der Waals surface area contributed by atoms with Crippen LogP contribution in [0, 0.1) is 25.5 Å². The summed E-state index contributed by atoms with van der Waals surface area (Å²) in [6.45, 7) is 11.5. The van der Waals surface area contributed by atoms with E-state index in [-0.39, 0.29) is 36.4 Å². The van der Waals surface area contributed by atoms with Crippen molar-refractivity contribution in [2.45, 2.75) is 33.1 Å². The minimum atomic E-state index is -0.227. The highest BCUT2D eigenvalue weighted by molar-refractivity contribution is 7.15. The van der Waals surface area contributed by atoms with Gasteiger partial charge in [-0.1, -0.05) is 24.3 Å². The summed E-state index contributed by atoms with van der Waals surface area (Å²) in [7, 11) is 0. The molecule has 1 aromatic heterocycles. The lowest BCUT2D eigenvalue weighted by Gasteiger charge is -2.36. The number of piperidine rings is 1. The van der Waals surface area contributed by atoms with Crippen molar-refractivity contribution in [3.63, 3.8) is 0 Å². The Hall–Kier alpha value is -2.45. The molecule has 216 valence electrons. The fourth-order valence-electron chi connectivity index (χ4n) is 5.19. The van der Waals surface area contributed by atoms with Gasteiger partial charge in [0.1, 0.15) is 11.6 Å². The summed E-state index contributed by atoms with van der Waals surface area (Å²) in [5.41, 5.74) is 5.56. The number of benzene rings is 2. The number of hydrogen-bond donors (Lipinski definition) is 0. The second-order valence-corrected chi connectivity index (χ2v) is 11.4. The summed E-state index contributed by atoms with van der Waals surface area (Å²) in [5.74, 6) is -0.452. The summed E-state index contributed by atoms with van der Waals surface area (Å²) in [6, 6.07) is 13.3. The number of nitrogens with zero attached hydrogens (tertiary/aromatic N) is 4. The number of rotatable bonds is 7. The van der Waals surface area contributed by atoms with Crippen molar-refractivity contribution in [2.75, 3.05) is 50.7 Å². The molecule has 9 heteroatoms. The van der Waals surface area contributed by atoms with Crippen molar-refractivity contribution < 1.29 is 8.78 Å². The van der Waals surface area contributed by atoms with Crippen molar-refractivity contribution in [3.05, 3.63) is 93.1 Å². The van der Waals surface area contributed by atoms with Crippen molar-refractivity contribution in [2.24, 2.45) is 0 Å². The molecule has 2 saturated heterocycles. The summed E-state index contributed by atoms with van der Waals surface area (Å²) in [5, 5.41) is 1.16. The third-order valence-electron chi connectivity index (χ3n) is 7.49. The van der Waals surface area contributed by atoms with Crippen LogP contribution in [0.4, 0.5) is 13.9 Å². The molecule has 0 saturated carbocycles. The van der Waals surface area contributed by atoms with Crippen molar-refractivity contribution in [1.82, 2.24) is 14.8 Å². The first-order chi connectivity index (χ1) is 18.4. The number of thiazole rings is 1. The van der Waals surface area contributed by atoms with Gasteiger partial charge >= 0.3 is 0 Å². The molecule has 0 amide bonds. The molecule has 5 rings (SSSR count). The average molecular weight is 608 g/mol. The second kappa shape index (κ2) is 15.0. The normalized spacial score (nSPS) is 18.1. The Morgan fingerprint density at radius 2 is 1.40 bits per heavy atom. The Bertz CT molecular complexity index is 1260. The van der Waals surface area contributed by atoms with Crippen molar-refractivity contribution >= 4 is 53.4 Å². The van der Waals surface area contributed by atoms with Gasteiger partial charge in [-0.2, -0.15) is 0 Å². The second-order valence-electron chi connectivity index (χ2n) is 10.2. The number of anilines is 1. The van der Waals surface area contributed by atoms with Gasteiger partial charge in [0.25, 0.3) is 0 Å². The highest BCUT2D eigenvalue weighted by atomic mass is 35.5. The first-order valence-corrected chi connectivity index (χ1v) is 14.4. The standard InChI is InChI=1S/C31H36F2N4S.2ClH/c1-23-24(2)38-31(34-23)37-19-17-35(18-20-37)14-4-16-36-15-3-5-27(21-25-6-10-28(32)11-7-25)30(36)22-26-8-12-29(33)13-9-26;;/h6-13,21-22H,3-5,14-20H2,1-2H3;2*1H. The van der Waals surface area contributed by atoms with Crippen LogP contribution in [0.15, 0.2) is 59.8 Å². The molecule has 0 N–H and O–H groups in total. The predicted molar refractivity (Wildman–Crippen MR) is 169 cm³/mol. The molecule has 0 unspecified atom stereocenters. The molecule has 0 bridgehead atoms. The molecule has 2 aliphatic heterocycles. The van der Waals surface area contributed by atoms with Crippen LogP contribution in [0.25, 0.3) is 12.2 Å². The minimum Gasteiger partial charge on any atom is -0.371 e. The lowest BCUT2D eigenvalue weighted by atomic mass is 9.96. The van der Waals surface area contributed by atoms with E-state index >= 15 is 0 Å². The summed E-state index contributed by atoms with van der Waals surface area (Å²) >= 11 is 1.80. The Balaban J connectivity index is 0.00000220. The van der Waals surface area contributed by atoms with Crippen LogP contribution in [-0.4, -0.2) is 60.6 Å². The highest BCUT2D eigenvalue weighted by Crippen LogP contribution is 2.31. The first-order valence-electron chi connectivity index (χ1n) is 13.5. The Labute approximate surface area is 253 Å². The lowest BCUT2D eigenvalue weighted by molar-refractivity contribution is 0.233. The van der Waals surface area contributed by atoms with Crippen LogP contribution < -0.4 is 4.90 Å². The summed E-state index contributed by atoms with van der Waals surface area (Å²) in [6.07, 6.45) is 7.48. The molecular formula is C31H38Cl2F2N4S. The van der Waals surface area contributed by atoms with E-state index in [1.807, 2.05) is 24.3 Å². The van der Waals surface area contributed by atoms with Crippen LogP contribution in [0.1, 0.15) is 41.0 Å². The van der Waals surface area contributed by atoms with Gasteiger partial charge in [0.15, 0.2) is 5.13 Å². The van der Waals surface area contributed by atoms with Gasteiger partial charge in [-0.05, 0) is 92.8 Å². The van der Waals surface area contributed by atoms with Crippen molar-refractivity contribution in [3.8, 4) is 0 Å². The maximum absolute atomic E-state index is 13.5. The molecule has 0 atom stereocenters. The molecule has 2 aromatic carbocycles. The monoisotopic (exact) mass is 606 g/mol. The zero-order valence-corrected chi connectivity index (χ0v) is 25.6. The number of piperazine rings is 1. The van der Waals surface area contributed by atoms with E-state index < -0.39 is 0 Å². The Kier molecular flexibility index (Phi) is 12.0. The average Bonchev–Trinajstić information content (AvgIpc) is 3.26. The first kappa shape index (κ1) is 32.1. The number of halogens is 4. The summed E-state index contributed by atoms with van der Waals surface area (Å²) < 4.78 is 27.0. The third-order valence-corrected chi connectivity index (χ3v) is 8.62. The van der Waals surface area contributed by atoms with E-state index in [1.165, 1.54) is 40.4 Å². The fraction of sp³-hybridized carbons (Fsp3) is 0.387. The van der Waals surface area contributed by atoms with Crippen LogP contribution in [0.2, 0.25) is 0 Å². The molecular weight excluding hydrogens is 569 g/mol. The van der Waals surface area contributed by atoms with E-state index in [1.54, 1.807) is 11.3 Å². The predicted octanol–water partition coefficient (Wildman–Crippen LogP) is 7.61. The van der Waals surface area contributed by atoms with Crippen LogP contribution in [0.3, 0.4) is 0 Å². The minimum absolute atomic E-state index is 0. The lowest BCUT2D eigenvalue weighted by Crippen LogP contribution is -2.47. The molecule has 2 fully saturated rings. The van der Waals surface area contributed by atoms with E-state index in [4.69, 9.17) is 4.98 Å². The maximum Gasteiger partial charge on any atom is 0.185 e. The third kappa shape index (κ3) is 8.29. The summed E-state index contributed by atoms with van der Waals surface area (Å²) in [4.78, 5) is 13.5. The number of hydrogen-bond acceptors (Lipinski definition) is 5. The van der Waals surface area contributed by atoms with E-state index in [0.717, 1.165) is 87.0 Å². The van der Waals surface area contributed by atoms with Gasteiger partial charge in [0, 0.05) is 49.8 Å². The number of aryl methyl sites for hydroxylation is 2. The Morgan fingerprint density at radius 3 is 1.98 bits per heavy atom. The molecule has 4 nitrogen and oxygen atoms in total. The Morgan fingerprint density at radius 1 is 0.800 bits per heavy atom. The maximum atomic E-state index is 13.5. The molecule has 0 spiro atoms. The van der Waals surface area contributed by atoms with Crippen LogP contribution in [0.5, 0.6) is 0 Å². The van der Waals surface area contributed by atoms with E-state index in [9.17, 15) is 8.78 Å². The number of likely N-dealkylation sites (tertiary alicyclic amines) is 1. The van der Waals surface area contributed by atoms with Gasteiger partial charge in [-0.3, -0.25) is 4.90 Å². The zero-order valence-electron chi connectivity index (χ0n) is 23.1. The molecule has 0 aliphatic carbocycles. The quantitative estimate of drug-likeness (QED) is 0.276. The molecule has 2 aliphatic rings. The largest absolute Gasteiger partial charge is 0.371 e. The van der Waals surface area contributed by atoms with Gasteiger partial charge < -0.3 is 9.80 Å². The van der Waals surface area contributed by atoms with Crippen molar-refractivity contribution in [1.29, 1.82) is 0 Å². The fourth-order valence-corrected chi connectivity index (χ4v) is 6.15. The van der Waals surface area contributed by atoms with E-state index in [0.29, 0.717) is 0 Å². The SMILES string of the molecule is Cc1nc(N2CCN(CCCN3CCCC(=Cc4ccc(F)cc4)C3=Cc3ccc(F)cc3)CC2)sc1C.Cl.Cl. The van der Waals surface area contributed by atoms with Gasteiger partial charge in [0.05, 0.1) is 5.69 Å². The highest BCUT2D eigenvalue weighted by Gasteiger charge is 2.22. The topological polar surface area (TPSA) is 22.6 Å². The van der Waals surface area contributed by atoms with Crippen LogP contribution >= 0.6 is 36.2 Å². The molecule has 3 aromatic rings. The van der Waals surface area contributed by atoms with E-state index in [2.05, 4.69) is 40.7 Å². The number of aromatic nitrogens is 1. The van der Waals surface area contributed by atoms with Gasteiger partial charge in [0.2, 0.25) is 0 Å². The molecule has 3 heterocycles. The molecule has 40 heavy (non-hydrogen) atoms. The van der Waals surface area contributed by atoms with Crippen LogP contribution in [-0.2, 0) is 0 Å². The molecule has 0 radical (unpaired) electrons. The van der Waals surface area contributed by atoms with Gasteiger partial charge in [-0.15, -0.1) is 36.2 Å². The smallest absolute Gasteiger partial charge is 0.185 e. The zero-order chi connectivity index (χ0) is 26.5.